The number of hydrogen-bond acceptors (Lipinski definition) is 3. The number of likely N-dealkylation sites (tertiary alicyclic amines) is 1. The summed E-state index contributed by atoms with van der Waals surface area (Å²) in [5, 5.41) is 11.6. The molecule has 1 fully saturated rings. The van der Waals surface area contributed by atoms with Crippen LogP contribution in [0.25, 0.3) is 0 Å². The van der Waals surface area contributed by atoms with Gasteiger partial charge in [0.1, 0.15) is 0 Å². The second kappa shape index (κ2) is 4.98. The second-order valence-electron chi connectivity index (χ2n) is 4.43. The smallest absolute Gasteiger partial charge is 0.228 e. The molecule has 1 aliphatic rings. The molecule has 88 valence electrons. The van der Waals surface area contributed by atoms with E-state index in [1.54, 1.807) is 24.3 Å². The Labute approximate surface area is 101 Å². The average molecular weight is 229 g/mol. The molecule has 1 aliphatic heterocycles. The molecule has 17 heavy (non-hydrogen) atoms. The van der Waals surface area contributed by atoms with Crippen molar-refractivity contribution in [2.24, 2.45) is 5.92 Å². The molecule has 0 saturated carbocycles. The maximum atomic E-state index is 11.9. The summed E-state index contributed by atoms with van der Waals surface area (Å²) in [6.07, 6.45) is 0.903. The predicted molar refractivity (Wildman–Crippen MR) is 65.4 cm³/mol. The normalized spacial score (nSPS) is 19.9. The van der Waals surface area contributed by atoms with Gasteiger partial charge in [-0.25, -0.2) is 0 Å². The molecule has 1 unspecified atom stereocenters. The first-order chi connectivity index (χ1) is 8.19. The van der Waals surface area contributed by atoms with Gasteiger partial charge in [-0.1, -0.05) is 6.07 Å². The van der Waals surface area contributed by atoms with E-state index in [0.717, 1.165) is 19.5 Å². The predicted octanol–water partition coefficient (Wildman–Crippen LogP) is 1.45. The number of nitriles is 1. The van der Waals surface area contributed by atoms with Gasteiger partial charge in [-0.3, -0.25) is 4.79 Å². The minimum absolute atomic E-state index is 0.0458. The highest BCUT2D eigenvalue weighted by molar-refractivity contribution is 5.93. The van der Waals surface area contributed by atoms with Crippen LogP contribution in [0.5, 0.6) is 0 Å². The Morgan fingerprint density at radius 3 is 3.06 bits per heavy atom. The third-order valence-corrected chi connectivity index (χ3v) is 3.02. The Balaban J connectivity index is 2.01. The molecule has 1 aromatic carbocycles. The van der Waals surface area contributed by atoms with E-state index in [9.17, 15) is 4.79 Å². The number of hydrogen-bond donors (Lipinski definition) is 1. The van der Waals surface area contributed by atoms with Gasteiger partial charge in [0.05, 0.1) is 17.6 Å². The monoisotopic (exact) mass is 229 g/mol. The Kier molecular flexibility index (Phi) is 3.40. The van der Waals surface area contributed by atoms with Crippen molar-refractivity contribution in [2.75, 3.05) is 25.5 Å². The first-order valence-corrected chi connectivity index (χ1v) is 5.68. The van der Waals surface area contributed by atoms with Gasteiger partial charge < -0.3 is 10.2 Å². The van der Waals surface area contributed by atoms with Gasteiger partial charge in [0.2, 0.25) is 5.91 Å². The first kappa shape index (κ1) is 11.6. The molecular weight excluding hydrogens is 214 g/mol. The summed E-state index contributed by atoms with van der Waals surface area (Å²) in [6.45, 7) is 1.78. The Bertz CT molecular complexity index is 464. The SMILES string of the molecule is CN1CCC(C(=O)Nc2cccc(C#N)c2)C1. The van der Waals surface area contributed by atoms with Gasteiger partial charge >= 0.3 is 0 Å². The molecule has 0 spiro atoms. The number of nitrogens with one attached hydrogen (secondary N) is 1. The standard InChI is InChI=1S/C13H15N3O/c1-16-6-5-11(9-16)13(17)15-12-4-2-3-10(7-12)8-14/h2-4,7,11H,5-6,9H2,1H3,(H,15,17). The fourth-order valence-electron chi connectivity index (χ4n) is 2.06. The van der Waals surface area contributed by atoms with E-state index < -0.39 is 0 Å². The van der Waals surface area contributed by atoms with Crippen LogP contribution in [0.4, 0.5) is 5.69 Å². The van der Waals surface area contributed by atoms with Crippen molar-refractivity contribution >= 4 is 11.6 Å². The molecular formula is C13H15N3O. The number of anilines is 1. The topological polar surface area (TPSA) is 56.1 Å². The molecule has 0 radical (unpaired) electrons. The van der Waals surface area contributed by atoms with Crippen LogP contribution in [0.3, 0.4) is 0 Å². The fourth-order valence-corrected chi connectivity index (χ4v) is 2.06. The van der Waals surface area contributed by atoms with Crippen LogP contribution in [-0.2, 0) is 4.79 Å². The Morgan fingerprint density at radius 2 is 2.41 bits per heavy atom. The van der Waals surface area contributed by atoms with Crippen LogP contribution >= 0.6 is 0 Å². The fraction of sp³-hybridized carbons (Fsp3) is 0.385. The molecule has 1 atom stereocenters. The van der Waals surface area contributed by atoms with Gasteiger partial charge in [-0.05, 0) is 38.2 Å². The van der Waals surface area contributed by atoms with Gasteiger partial charge in [0.15, 0.2) is 0 Å². The van der Waals surface area contributed by atoms with E-state index in [-0.39, 0.29) is 11.8 Å². The molecule has 4 heteroatoms. The maximum Gasteiger partial charge on any atom is 0.228 e. The highest BCUT2D eigenvalue weighted by atomic mass is 16.1. The number of nitrogens with zero attached hydrogens (tertiary/aromatic N) is 2. The van der Waals surface area contributed by atoms with E-state index in [4.69, 9.17) is 5.26 Å². The molecule has 2 rings (SSSR count). The quantitative estimate of drug-likeness (QED) is 0.835. The first-order valence-electron chi connectivity index (χ1n) is 5.68. The third-order valence-electron chi connectivity index (χ3n) is 3.02. The molecule has 4 nitrogen and oxygen atoms in total. The van der Waals surface area contributed by atoms with Crippen LogP contribution in [0.15, 0.2) is 24.3 Å². The lowest BCUT2D eigenvalue weighted by Gasteiger charge is -2.11. The number of carbonyl (C=O) groups is 1. The summed E-state index contributed by atoms with van der Waals surface area (Å²) in [4.78, 5) is 14.1. The minimum Gasteiger partial charge on any atom is -0.326 e. The number of amides is 1. The molecule has 1 N–H and O–H groups in total. The summed E-state index contributed by atoms with van der Waals surface area (Å²) < 4.78 is 0. The highest BCUT2D eigenvalue weighted by Crippen LogP contribution is 2.17. The zero-order chi connectivity index (χ0) is 12.3. The van der Waals surface area contributed by atoms with Crippen molar-refractivity contribution in [3.05, 3.63) is 29.8 Å². The molecule has 1 amide bonds. The zero-order valence-electron chi connectivity index (χ0n) is 9.81. The largest absolute Gasteiger partial charge is 0.326 e. The molecule has 0 aromatic heterocycles. The van der Waals surface area contributed by atoms with Crippen LogP contribution in [0.1, 0.15) is 12.0 Å². The summed E-state index contributed by atoms with van der Waals surface area (Å²) in [6, 6.07) is 9.05. The zero-order valence-corrected chi connectivity index (χ0v) is 9.81. The van der Waals surface area contributed by atoms with Crippen LogP contribution < -0.4 is 5.32 Å². The lowest BCUT2D eigenvalue weighted by Crippen LogP contribution is -2.25. The van der Waals surface area contributed by atoms with E-state index in [0.29, 0.717) is 11.3 Å². The van der Waals surface area contributed by atoms with E-state index in [1.165, 1.54) is 0 Å². The van der Waals surface area contributed by atoms with Crippen LogP contribution in [-0.4, -0.2) is 30.9 Å². The van der Waals surface area contributed by atoms with Gasteiger partial charge in [0, 0.05) is 12.2 Å². The van der Waals surface area contributed by atoms with E-state index >= 15 is 0 Å². The van der Waals surface area contributed by atoms with E-state index in [2.05, 4.69) is 16.3 Å². The van der Waals surface area contributed by atoms with Crippen molar-refractivity contribution in [1.29, 1.82) is 5.26 Å². The highest BCUT2D eigenvalue weighted by Gasteiger charge is 2.25. The molecule has 1 heterocycles. The summed E-state index contributed by atoms with van der Waals surface area (Å²) >= 11 is 0. The summed E-state index contributed by atoms with van der Waals surface area (Å²) in [5.41, 5.74) is 1.26. The number of carbonyl (C=O) groups excluding carboxylic acids is 1. The minimum atomic E-state index is 0.0458. The van der Waals surface area contributed by atoms with Gasteiger partial charge in [0.25, 0.3) is 0 Å². The average Bonchev–Trinajstić information content (AvgIpc) is 2.76. The molecule has 0 aliphatic carbocycles. The molecule has 0 bridgehead atoms. The second-order valence-corrected chi connectivity index (χ2v) is 4.43. The van der Waals surface area contributed by atoms with Gasteiger partial charge in [-0.15, -0.1) is 0 Å². The van der Waals surface area contributed by atoms with Crippen LogP contribution in [0.2, 0.25) is 0 Å². The van der Waals surface area contributed by atoms with Crippen LogP contribution in [0, 0.1) is 17.2 Å². The Morgan fingerprint density at radius 1 is 1.59 bits per heavy atom. The molecule has 1 saturated heterocycles. The third kappa shape index (κ3) is 2.83. The van der Waals surface area contributed by atoms with Gasteiger partial charge in [-0.2, -0.15) is 5.26 Å². The lowest BCUT2D eigenvalue weighted by molar-refractivity contribution is -0.119. The van der Waals surface area contributed by atoms with Crippen molar-refractivity contribution in [2.45, 2.75) is 6.42 Å². The lowest BCUT2D eigenvalue weighted by atomic mass is 10.1. The number of benzene rings is 1. The van der Waals surface area contributed by atoms with Crippen molar-refractivity contribution < 1.29 is 4.79 Å². The molecule has 1 aromatic rings. The summed E-state index contributed by atoms with van der Waals surface area (Å²) in [5.74, 6) is 0.107. The van der Waals surface area contributed by atoms with Crippen molar-refractivity contribution in [3.8, 4) is 6.07 Å². The van der Waals surface area contributed by atoms with E-state index in [1.807, 2.05) is 7.05 Å². The Hall–Kier alpha value is -1.86. The van der Waals surface area contributed by atoms with Crippen molar-refractivity contribution in [3.63, 3.8) is 0 Å². The number of rotatable bonds is 2. The maximum absolute atomic E-state index is 11.9. The van der Waals surface area contributed by atoms with Crippen molar-refractivity contribution in [1.82, 2.24) is 4.90 Å². The summed E-state index contributed by atoms with van der Waals surface area (Å²) in [7, 11) is 2.02.